The predicted octanol–water partition coefficient (Wildman–Crippen LogP) is 3.95. The molecule has 0 aliphatic heterocycles. The maximum Gasteiger partial charge on any atom is 0.341 e. The van der Waals surface area contributed by atoms with Gasteiger partial charge in [-0.05, 0) is 32.9 Å². The summed E-state index contributed by atoms with van der Waals surface area (Å²) in [5, 5.41) is 0.605. The predicted molar refractivity (Wildman–Crippen MR) is 61.6 cm³/mol. The Morgan fingerprint density at radius 3 is 2.07 bits per heavy atom. The lowest BCUT2D eigenvalue weighted by molar-refractivity contribution is 0.00700. The van der Waals surface area contributed by atoms with Crippen LogP contribution in [0.15, 0.2) is 18.2 Å². The molecule has 82 valence electrons. The average Bonchev–Trinajstić information content (AvgIpc) is 1.99. The van der Waals surface area contributed by atoms with Crippen LogP contribution in [0.5, 0.6) is 0 Å². The SMILES string of the molecule is CC(C)(C)OC(=O)c1c(Cl)cccc1Cl. The van der Waals surface area contributed by atoms with E-state index in [1.54, 1.807) is 39.0 Å². The van der Waals surface area contributed by atoms with E-state index in [2.05, 4.69) is 0 Å². The molecule has 0 heterocycles. The molecule has 0 saturated heterocycles. The van der Waals surface area contributed by atoms with E-state index < -0.39 is 11.6 Å². The third-order valence-corrected chi connectivity index (χ3v) is 2.20. The molecule has 0 N–H and O–H groups in total. The second-order valence-electron chi connectivity index (χ2n) is 4.10. The van der Waals surface area contributed by atoms with Crippen LogP contribution in [0.4, 0.5) is 0 Å². The molecule has 0 aliphatic carbocycles. The Kier molecular flexibility index (Phi) is 3.63. The van der Waals surface area contributed by atoms with Gasteiger partial charge in [0.25, 0.3) is 0 Å². The van der Waals surface area contributed by atoms with E-state index in [4.69, 9.17) is 27.9 Å². The molecule has 0 fully saturated rings. The fourth-order valence-corrected chi connectivity index (χ4v) is 1.57. The molecule has 0 atom stereocenters. The van der Waals surface area contributed by atoms with Gasteiger partial charge >= 0.3 is 5.97 Å². The van der Waals surface area contributed by atoms with E-state index in [0.29, 0.717) is 10.0 Å². The minimum absolute atomic E-state index is 0.218. The maximum absolute atomic E-state index is 11.7. The van der Waals surface area contributed by atoms with Crippen LogP contribution >= 0.6 is 23.2 Å². The summed E-state index contributed by atoms with van der Waals surface area (Å²) in [6.07, 6.45) is 0. The van der Waals surface area contributed by atoms with Crippen molar-refractivity contribution in [1.29, 1.82) is 0 Å². The summed E-state index contributed by atoms with van der Waals surface area (Å²) in [6.45, 7) is 5.36. The number of ether oxygens (including phenoxy) is 1. The monoisotopic (exact) mass is 246 g/mol. The second-order valence-corrected chi connectivity index (χ2v) is 4.91. The molecule has 0 spiro atoms. The molecule has 15 heavy (non-hydrogen) atoms. The molecule has 0 amide bonds. The van der Waals surface area contributed by atoms with Crippen molar-refractivity contribution in [1.82, 2.24) is 0 Å². The fourth-order valence-electron chi connectivity index (χ4n) is 1.02. The highest BCUT2D eigenvalue weighted by Crippen LogP contribution is 2.26. The first-order valence-electron chi connectivity index (χ1n) is 4.48. The first-order valence-corrected chi connectivity index (χ1v) is 5.24. The maximum atomic E-state index is 11.7. The van der Waals surface area contributed by atoms with Gasteiger partial charge in [0.15, 0.2) is 0 Å². The standard InChI is InChI=1S/C11H12Cl2O2/c1-11(2,3)15-10(14)9-7(12)5-4-6-8(9)13/h4-6H,1-3H3. The minimum Gasteiger partial charge on any atom is -0.456 e. The van der Waals surface area contributed by atoms with Gasteiger partial charge in [0.2, 0.25) is 0 Å². The Morgan fingerprint density at radius 2 is 1.67 bits per heavy atom. The summed E-state index contributed by atoms with van der Waals surface area (Å²) in [6, 6.07) is 4.89. The summed E-state index contributed by atoms with van der Waals surface area (Å²) in [7, 11) is 0. The number of halogens is 2. The van der Waals surface area contributed by atoms with E-state index >= 15 is 0 Å². The summed E-state index contributed by atoms with van der Waals surface area (Å²) < 4.78 is 5.18. The van der Waals surface area contributed by atoms with Gasteiger partial charge in [-0.1, -0.05) is 29.3 Å². The van der Waals surface area contributed by atoms with Crippen molar-refractivity contribution in [2.24, 2.45) is 0 Å². The van der Waals surface area contributed by atoms with Gasteiger partial charge in [-0.2, -0.15) is 0 Å². The van der Waals surface area contributed by atoms with Crippen LogP contribution in [0.1, 0.15) is 31.1 Å². The number of carbonyl (C=O) groups is 1. The third-order valence-electron chi connectivity index (χ3n) is 1.57. The molecular formula is C11H12Cl2O2. The number of hydrogen-bond donors (Lipinski definition) is 0. The number of hydrogen-bond acceptors (Lipinski definition) is 2. The lowest BCUT2D eigenvalue weighted by Crippen LogP contribution is -2.24. The first kappa shape index (κ1) is 12.3. The number of benzene rings is 1. The molecule has 0 radical (unpaired) electrons. The van der Waals surface area contributed by atoms with Crippen LogP contribution in [0.25, 0.3) is 0 Å². The topological polar surface area (TPSA) is 26.3 Å². The summed E-state index contributed by atoms with van der Waals surface area (Å²) in [5.41, 5.74) is -0.338. The first-order chi connectivity index (χ1) is 6.81. The quantitative estimate of drug-likeness (QED) is 0.702. The minimum atomic E-state index is -0.556. The van der Waals surface area contributed by atoms with Crippen LogP contribution in [-0.4, -0.2) is 11.6 Å². The molecule has 0 unspecified atom stereocenters. The van der Waals surface area contributed by atoms with E-state index in [-0.39, 0.29) is 5.56 Å². The zero-order valence-electron chi connectivity index (χ0n) is 8.80. The van der Waals surface area contributed by atoms with Crippen molar-refractivity contribution in [2.45, 2.75) is 26.4 Å². The lowest BCUT2D eigenvalue weighted by atomic mass is 10.1. The van der Waals surface area contributed by atoms with E-state index in [0.717, 1.165) is 0 Å². The Bertz CT molecular complexity index is 360. The van der Waals surface area contributed by atoms with E-state index in [9.17, 15) is 4.79 Å². The Balaban J connectivity index is 3.02. The number of esters is 1. The van der Waals surface area contributed by atoms with Gasteiger partial charge in [0.05, 0.1) is 15.6 Å². The number of carbonyl (C=O) groups excluding carboxylic acids is 1. The van der Waals surface area contributed by atoms with Crippen molar-refractivity contribution in [3.05, 3.63) is 33.8 Å². The lowest BCUT2D eigenvalue weighted by Gasteiger charge is -2.20. The van der Waals surface area contributed by atoms with Crippen molar-refractivity contribution in [3.63, 3.8) is 0 Å². The van der Waals surface area contributed by atoms with Gasteiger partial charge in [-0.15, -0.1) is 0 Å². The highest BCUT2D eigenvalue weighted by Gasteiger charge is 2.21. The van der Waals surface area contributed by atoms with E-state index in [1.165, 1.54) is 0 Å². The highest BCUT2D eigenvalue weighted by molar-refractivity contribution is 6.39. The van der Waals surface area contributed by atoms with Crippen LogP contribution in [0.3, 0.4) is 0 Å². The van der Waals surface area contributed by atoms with Gasteiger partial charge in [-0.25, -0.2) is 4.79 Å². The fraction of sp³-hybridized carbons (Fsp3) is 0.364. The number of rotatable bonds is 1. The van der Waals surface area contributed by atoms with Crippen LogP contribution in [0.2, 0.25) is 10.0 Å². The van der Waals surface area contributed by atoms with Gasteiger partial charge in [0.1, 0.15) is 5.60 Å². The van der Waals surface area contributed by atoms with Gasteiger partial charge < -0.3 is 4.74 Å². The van der Waals surface area contributed by atoms with Crippen LogP contribution in [-0.2, 0) is 4.74 Å². The highest BCUT2D eigenvalue weighted by atomic mass is 35.5. The van der Waals surface area contributed by atoms with Crippen LogP contribution in [0, 0.1) is 0 Å². The Hall–Kier alpha value is -0.730. The molecule has 0 saturated carbocycles. The zero-order valence-corrected chi connectivity index (χ0v) is 10.3. The molecule has 4 heteroatoms. The summed E-state index contributed by atoms with van der Waals surface area (Å²) in [4.78, 5) is 11.7. The normalized spacial score (nSPS) is 11.3. The summed E-state index contributed by atoms with van der Waals surface area (Å²) >= 11 is 11.7. The summed E-state index contributed by atoms with van der Waals surface area (Å²) in [5.74, 6) is -0.502. The zero-order chi connectivity index (χ0) is 11.6. The third kappa shape index (κ3) is 3.40. The molecule has 1 aromatic carbocycles. The second kappa shape index (κ2) is 4.42. The average molecular weight is 247 g/mol. The Morgan fingerprint density at radius 1 is 1.20 bits per heavy atom. The molecule has 0 aliphatic rings. The van der Waals surface area contributed by atoms with Crippen molar-refractivity contribution in [2.75, 3.05) is 0 Å². The molecule has 1 rings (SSSR count). The van der Waals surface area contributed by atoms with Crippen molar-refractivity contribution >= 4 is 29.2 Å². The molecule has 1 aromatic rings. The van der Waals surface area contributed by atoms with Crippen molar-refractivity contribution in [3.8, 4) is 0 Å². The molecule has 2 nitrogen and oxygen atoms in total. The van der Waals surface area contributed by atoms with Crippen molar-refractivity contribution < 1.29 is 9.53 Å². The molecule has 0 aromatic heterocycles. The largest absolute Gasteiger partial charge is 0.456 e. The van der Waals surface area contributed by atoms with Gasteiger partial charge in [0, 0.05) is 0 Å². The smallest absolute Gasteiger partial charge is 0.341 e. The van der Waals surface area contributed by atoms with E-state index in [1.807, 2.05) is 0 Å². The molecule has 0 bridgehead atoms. The Labute approximate surface area is 99.1 Å². The van der Waals surface area contributed by atoms with Gasteiger partial charge in [-0.3, -0.25) is 0 Å². The van der Waals surface area contributed by atoms with Crippen LogP contribution < -0.4 is 0 Å². The molecular weight excluding hydrogens is 235 g/mol.